The van der Waals surface area contributed by atoms with Crippen molar-refractivity contribution in [3.05, 3.63) is 34.9 Å². The SMILES string of the molecule is CC(C)(CNC(=O)OC1CC/C=C/CCC1)SSCOC1C[C@H](n2ccc(N)nc2=O)O[C@@H]1COP(=O)(O)OP(=O)(O)OP(=O)(O)O. The summed E-state index contributed by atoms with van der Waals surface area (Å²) in [5.74, 6) is 0.0209. The van der Waals surface area contributed by atoms with Crippen molar-refractivity contribution >= 4 is 57.0 Å². The van der Waals surface area contributed by atoms with Crippen molar-refractivity contribution in [1.29, 1.82) is 0 Å². The summed E-state index contributed by atoms with van der Waals surface area (Å²) in [6.07, 6.45) is 6.33. The normalized spacial score (nSPS) is 25.6. The van der Waals surface area contributed by atoms with E-state index in [1.54, 1.807) is 0 Å². The summed E-state index contributed by atoms with van der Waals surface area (Å²) in [7, 11) is -14.0. The molecule has 0 spiro atoms. The Balaban J connectivity index is 1.54. The van der Waals surface area contributed by atoms with Crippen LogP contribution in [-0.2, 0) is 41.1 Å². The first-order chi connectivity index (χ1) is 21.8. The van der Waals surface area contributed by atoms with Crippen molar-refractivity contribution in [2.75, 3.05) is 24.8 Å². The number of hydrogen-bond donors (Lipinski definition) is 6. The van der Waals surface area contributed by atoms with Gasteiger partial charge in [0.25, 0.3) is 0 Å². The fourth-order valence-electron chi connectivity index (χ4n) is 4.36. The quantitative estimate of drug-likeness (QED) is 0.0461. The minimum atomic E-state index is -5.73. The number of ether oxygens (including phenoxy) is 3. The van der Waals surface area contributed by atoms with Crippen LogP contribution in [0.5, 0.6) is 0 Å². The number of nitrogens with one attached hydrogen (secondary N) is 1. The van der Waals surface area contributed by atoms with Gasteiger partial charge in [0, 0.05) is 23.9 Å². The van der Waals surface area contributed by atoms with E-state index >= 15 is 0 Å². The summed E-state index contributed by atoms with van der Waals surface area (Å²) < 4.78 is 65.0. The van der Waals surface area contributed by atoms with E-state index in [0.717, 1.165) is 36.7 Å². The molecule has 6 atom stereocenters. The molecule has 0 aromatic carbocycles. The number of allylic oxidation sites excluding steroid dienone is 2. The molecular formula is C23H39N4O15P3S2. The molecule has 0 radical (unpaired) electrons. The average molecular weight is 769 g/mol. The molecule has 2 aliphatic rings. The third-order valence-electron chi connectivity index (χ3n) is 6.43. The van der Waals surface area contributed by atoms with Crippen LogP contribution in [0.1, 0.15) is 58.6 Å². The summed E-state index contributed by atoms with van der Waals surface area (Å²) >= 11 is 0. The lowest BCUT2D eigenvalue weighted by atomic mass is 10.0. The highest BCUT2D eigenvalue weighted by Crippen LogP contribution is 2.66. The molecule has 4 unspecified atom stereocenters. The fourth-order valence-corrected chi connectivity index (χ4v) is 9.57. The molecule has 1 saturated heterocycles. The number of nitrogen functional groups attached to an aromatic ring is 1. The minimum absolute atomic E-state index is 0.0303. The van der Waals surface area contributed by atoms with Gasteiger partial charge in [-0.15, -0.1) is 0 Å². The number of carbonyl (C=O) groups excluding carboxylic acids is 1. The molecule has 2 heterocycles. The third-order valence-corrected chi connectivity index (χ3v) is 13.2. The summed E-state index contributed by atoms with van der Waals surface area (Å²) in [5.41, 5.74) is 4.81. The van der Waals surface area contributed by atoms with Crippen molar-refractivity contribution in [1.82, 2.24) is 14.9 Å². The lowest BCUT2D eigenvalue weighted by Crippen LogP contribution is -2.38. The Hall–Kier alpha value is -1.28. The first kappa shape index (κ1) is 40.2. The van der Waals surface area contributed by atoms with E-state index in [4.69, 9.17) is 34.3 Å². The van der Waals surface area contributed by atoms with Gasteiger partial charge in [-0.3, -0.25) is 9.09 Å². The third kappa shape index (κ3) is 15.0. The zero-order valence-corrected chi connectivity index (χ0v) is 29.7. The van der Waals surface area contributed by atoms with E-state index in [2.05, 4.69) is 31.1 Å². The first-order valence-corrected chi connectivity index (χ1v) is 21.0. The highest BCUT2D eigenvalue weighted by molar-refractivity contribution is 8.77. The van der Waals surface area contributed by atoms with Crippen LogP contribution in [0, 0.1) is 0 Å². The second-order valence-corrected chi connectivity index (χ2v) is 18.3. The van der Waals surface area contributed by atoms with Crippen LogP contribution in [0.4, 0.5) is 10.6 Å². The molecule has 47 heavy (non-hydrogen) atoms. The largest absolute Gasteiger partial charge is 0.490 e. The van der Waals surface area contributed by atoms with E-state index in [-0.39, 0.29) is 24.3 Å². The molecule has 1 aromatic heterocycles. The van der Waals surface area contributed by atoms with Crippen molar-refractivity contribution in [3.8, 4) is 0 Å². The molecule has 268 valence electrons. The van der Waals surface area contributed by atoms with Gasteiger partial charge in [-0.2, -0.15) is 13.6 Å². The maximum Gasteiger partial charge on any atom is 0.490 e. The Morgan fingerprint density at radius 2 is 1.87 bits per heavy atom. The molecule has 24 heteroatoms. The maximum atomic E-state index is 12.4. The molecule has 7 N–H and O–H groups in total. The summed E-state index contributed by atoms with van der Waals surface area (Å²) in [4.78, 5) is 65.1. The topological polar surface area (TPSA) is 278 Å². The van der Waals surface area contributed by atoms with Gasteiger partial charge in [-0.25, -0.2) is 23.3 Å². The number of alkyl carbamates (subject to hydrolysis) is 1. The molecule has 1 aromatic rings. The number of carbonyl (C=O) groups is 1. The van der Waals surface area contributed by atoms with Crippen LogP contribution in [0.25, 0.3) is 0 Å². The van der Waals surface area contributed by atoms with Crippen LogP contribution >= 0.6 is 45.1 Å². The Kier molecular flexibility index (Phi) is 15.0. The monoisotopic (exact) mass is 768 g/mol. The Bertz CT molecular complexity index is 1440. The van der Waals surface area contributed by atoms with E-state index in [0.29, 0.717) is 6.54 Å². The first-order valence-electron chi connectivity index (χ1n) is 14.1. The second kappa shape index (κ2) is 17.6. The Morgan fingerprint density at radius 1 is 1.15 bits per heavy atom. The maximum absolute atomic E-state index is 12.4. The van der Waals surface area contributed by atoms with Gasteiger partial charge in [0.05, 0.1) is 12.7 Å². The Morgan fingerprint density at radius 3 is 2.57 bits per heavy atom. The molecular weight excluding hydrogens is 729 g/mol. The van der Waals surface area contributed by atoms with E-state index in [9.17, 15) is 33.1 Å². The van der Waals surface area contributed by atoms with E-state index in [1.165, 1.54) is 33.9 Å². The molecule has 19 nitrogen and oxygen atoms in total. The minimum Gasteiger partial charge on any atom is -0.446 e. The van der Waals surface area contributed by atoms with Gasteiger partial charge < -0.3 is 44.8 Å². The molecule has 1 amide bonds. The summed E-state index contributed by atoms with van der Waals surface area (Å²) in [5, 5.41) is 2.80. The second-order valence-electron chi connectivity index (χ2n) is 10.9. The predicted octanol–water partition coefficient (Wildman–Crippen LogP) is 3.57. The number of anilines is 1. The lowest BCUT2D eigenvalue weighted by molar-refractivity contribution is -0.0543. The number of hydrogen-bond acceptors (Lipinski definition) is 15. The highest BCUT2D eigenvalue weighted by Gasteiger charge is 2.43. The number of nitrogens with two attached hydrogens (primary N) is 1. The standard InChI is InChI=1S/C23H39N4O15P3S2/c1-23(2,14-25-22(29)39-16-8-6-4-3-5-7-9-16)47-46-15-37-17-12-20(27-11-10-19(24)26-21(27)28)40-18(17)13-38-44(33,34)42-45(35,36)41-43(30,31)32/h3-4,10-11,16-18,20H,5-9,12-15H2,1-2H3,(H,25,29)(H,33,34)(H,35,36)(H2,24,26,28)(H2,30,31,32)/b4-3+/t16?,17?,18-,20-/m1/s1. The number of phosphoric ester groups is 1. The number of nitrogens with zero attached hydrogens (tertiary/aromatic N) is 2. The summed E-state index contributed by atoms with van der Waals surface area (Å²) in [6, 6.07) is 1.35. The lowest BCUT2D eigenvalue weighted by Gasteiger charge is -2.25. The van der Waals surface area contributed by atoms with E-state index < -0.39 is 65.0 Å². The number of aromatic nitrogens is 2. The predicted molar refractivity (Wildman–Crippen MR) is 171 cm³/mol. The number of phosphoric acid groups is 3. The zero-order chi connectivity index (χ0) is 34.9. The number of amides is 1. The molecule has 1 aliphatic carbocycles. The molecule has 3 rings (SSSR count). The van der Waals surface area contributed by atoms with Crippen molar-refractivity contribution in [3.63, 3.8) is 0 Å². The fraction of sp³-hybridized carbons (Fsp3) is 0.696. The molecule has 0 bridgehead atoms. The van der Waals surface area contributed by atoms with Crippen molar-refractivity contribution in [2.45, 2.75) is 81.7 Å². The van der Waals surface area contributed by atoms with Gasteiger partial charge in [0.15, 0.2) is 0 Å². The van der Waals surface area contributed by atoms with Gasteiger partial charge in [-0.1, -0.05) is 33.7 Å². The van der Waals surface area contributed by atoms with Gasteiger partial charge >= 0.3 is 35.3 Å². The van der Waals surface area contributed by atoms with Crippen LogP contribution in [-0.4, -0.2) is 77.4 Å². The van der Waals surface area contributed by atoms with Crippen LogP contribution in [0.2, 0.25) is 0 Å². The smallest absolute Gasteiger partial charge is 0.446 e. The molecule has 0 saturated carbocycles. The van der Waals surface area contributed by atoms with Crippen LogP contribution in [0.15, 0.2) is 29.2 Å². The number of rotatable bonds is 16. The average Bonchev–Trinajstić information content (AvgIpc) is 3.31. The molecule has 1 aliphatic heterocycles. The molecule has 1 fully saturated rings. The summed E-state index contributed by atoms with van der Waals surface area (Å²) in [6.45, 7) is 3.33. The van der Waals surface area contributed by atoms with Gasteiger partial charge in [-0.05, 0) is 52.0 Å². The van der Waals surface area contributed by atoms with Crippen LogP contribution < -0.4 is 16.7 Å². The van der Waals surface area contributed by atoms with Crippen molar-refractivity contribution in [2.24, 2.45) is 0 Å². The van der Waals surface area contributed by atoms with Gasteiger partial charge in [0.2, 0.25) is 0 Å². The zero-order valence-electron chi connectivity index (χ0n) is 25.4. The van der Waals surface area contributed by atoms with Crippen molar-refractivity contribution < 1.29 is 65.4 Å². The van der Waals surface area contributed by atoms with Crippen LogP contribution in [0.3, 0.4) is 0 Å². The van der Waals surface area contributed by atoms with Gasteiger partial charge in [0.1, 0.15) is 30.2 Å². The highest BCUT2D eigenvalue weighted by atomic mass is 33.1. The van der Waals surface area contributed by atoms with E-state index in [1.807, 2.05) is 13.8 Å². The Labute approximate surface area is 278 Å².